The monoisotopic (exact) mass is 667 g/mol. The number of amides is 3. The van der Waals surface area contributed by atoms with Crippen LogP contribution in [-0.2, 0) is 36.5 Å². The zero-order chi connectivity index (χ0) is 34.5. The van der Waals surface area contributed by atoms with Crippen molar-refractivity contribution in [2.75, 3.05) is 17.8 Å². The van der Waals surface area contributed by atoms with Crippen molar-refractivity contribution in [3.63, 3.8) is 0 Å². The van der Waals surface area contributed by atoms with Gasteiger partial charge in [0.15, 0.2) is 5.82 Å². The molecule has 2 aromatic carbocycles. The van der Waals surface area contributed by atoms with Crippen molar-refractivity contribution in [1.29, 1.82) is 0 Å². The first kappa shape index (κ1) is 37.9. The number of rotatable bonds is 12. The summed E-state index contributed by atoms with van der Waals surface area (Å²) in [4.78, 5) is 41.0. The first-order valence-electron chi connectivity index (χ1n) is 14.7. The molecule has 0 spiro atoms. The smallest absolute Gasteiger partial charge is 0.414 e. The molecule has 0 heterocycles. The fraction of sp³-hybridized carbons (Fsp3) is 0.484. The van der Waals surface area contributed by atoms with Crippen molar-refractivity contribution in [2.45, 2.75) is 84.2 Å². The van der Waals surface area contributed by atoms with Gasteiger partial charge in [0.1, 0.15) is 17.0 Å². The van der Waals surface area contributed by atoms with Gasteiger partial charge >= 0.3 is 12.2 Å². The van der Waals surface area contributed by atoms with Gasteiger partial charge in [-0.15, -0.1) is 0 Å². The predicted octanol–water partition coefficient (Wildman–Crippen LogP) is 5.14. The third-order valence-corrected chi connectivity index (χ3v) is 6.90. The number of alkyl carbamates (subject to hydrolysis) is 2. The van der Waals surface area contributed by atoms with E-state index >= 15 is 4.39 Å². The van der Waals surface area contributed by atoms with Gasteiger partial charge in [-0.05, 0) is 78.5 Å². The molecule has 4 N–H and O–H groups in total. The van der Waals surface area contributed by atoms with E-state index in [2.05, 4.69) is 25.7 Å². The number of carbonyl (C=O) groups is 3. The summed E-state index contributed by atoms with van der Waals surface area (Å²) in [5.74, 6) is -3.35. The van der Waals surface area contributed by atoms with Gasteiger partial charge in [0.2, 0.25) is 21.9 Å². The standard InChI is InChI=1S/C31H43F2N5O7S/c1-30(2,3)44-28(40)36-27(37-29(41)45-31(4,5)6)35-18-12-8-11-17-34-25(39)19-22-23(32)15-16-24(26(22)33)38-46(42,43)20-21-13-9-7-10-14-21/h7,9-10,13-16,38H,8,11-12,17-20H2,1-6H3,(H,34,39)(H2,35,36,37,40,41). The quantitative estimate of drug-likeness (QED) is 0.138. The summed E-state index contributed by atoms with van der Waals surface area (Å²) in [5, 5.41) is 7.36. The number of sulfonamides is 1. The second-order valence-electron chi connectivity index (χ2n) is 12.3. The molecule has 0 atom stereocenters. The number of benzene rings is 2. The maximum Gasteiger partial charge on any atom is 0.414 e. The Labute approximate surface area is 268 Å². The molecule has 0 aliphatic rings. The van der Waals surface area contributed by atoms with Crippen LogP contribution in [0.1, 0.15) is 71.9 Å². The summed E-state index contributed by atoms with van der Waals surface area (Å²) < 4.78 is 67.0. The molecule has 0 aliphatic carbocycles. The molecule has 46 heavy (non-hydrogen) atoms. The number of guanidine groups is 1. The van der Waals surface area contributed by atoms with Crippen LogP contribution in [0.2, 0.25) is 0 Å². The van der Waals surface area contributed by atoms with E-state index in [0.29, 0.717) is 24.8 Å². The molecular weight excluding hydrogens is 624 g/mol. The van der Waals surface area contributed by atoms with E-state index in [0.717, 1.165) is 12.1 Å². The van der Waals surface area contributed by atoms with Crippen molar-refractivity contribution in [1.82, 2.24) is 16.0 Å². The van der Waals surface area contributed by atoms with Gasteiger partial charge in [-0.25, -0.2) is 26.8 Å². The van der Waals surface area contributed by atoms with Crippen molar-refractivity contribution in [3.8, 4) is 0 Å². The number of hydrogen-bond acceptors (Lipinski definition) is 8. The van der Waals surface area contributed by atoms with Gasteiger partial charge in [0.05, 0.1) is 17.9 Å². The fourth-order valence-corrected chi connectivity index (χ4v) is 5.00. The van der Waals surface area contributed by atoms with Crippen molar-refractivity contribution >= 4 is 39.8 Å². The maximum atomic E-state index is 15.0. The maximum absolute atomic E-state index is 15.0. The Morgan fingerprint density at radius 2 is 1.41 bits per heavy atom. The first-order chi connectivity index (χ1) is 21.3. The molecular formula is C31H43F2N5O7S. The molecule has 12 nitrogen and oxygen atoms in total. The van der Waals surface area contributed by atoms with Crippen LogP contribution in [0, 0.1) is 11.6 Å². The number of carbonyl (C=O) groups excluding carboxylic acids is 3. The van der Waals surface area contributed by atoms with E-state index in [1.807, 2.05) is 0 Å². The minimum absolute atomic E-state index is 0.148. The third kappa shape index (κ3) is 15.1. The molecule has 0 bridgehead atoms. The highest BCUT2D eigenvalue weighted by Crippen LogP contribution is 2.23. The summed E-state index contributed by atoms with van der Waals surface area (Å²) in [6.07, 6.45) is -0.662. The number of nitrogens with one attached hydrogen (secondary N) is 4. The van der Waals surface area contributed by atoms with Gasteiger partial charge in [0.25, 0.3) is 0 Å². The molecule has 0 saturated carbocycles. The molecule has 0 unspecified atom stereocenters. The SMILES string of the molecule is CC(C)(C)OC(=O)NC(=NCCCCCNC(=O)Cc1c(F)ccc(NS(=O)(=O)Cc2ccccc2)c1F)NC(=O)OC(C)(C)C. The van der Waals surface area contributed by atoms with Crippen LogP contribution in [-0.4, -0.2) is 56.8 Å². The molecule has 0 aliphatic heterocycles. The molecule has 3 amide bonds. The first-order valence-corrected chi connectivity index (χ1v) is 16.3. The van der Waals surface area contributed by atoms with E-state index < -0.39 is 74.4 Å². The third-order valence-electron chi connectivity index (χ3n) is 5.65. The van der Waals surface area contributed by atoms with E-state index in [9.17, 15) is 27.2 Å². The van der Waals surface area contributed by atoms with Gasteiger partial charge in [-0.2, -0.15) is 0 Å². The number of halogens is 2. The second-order valence-corrected chi connectivity index (χ2v) is 14.0. The Hall–Kier alpha value is -4.27. The largest absolute Gasteiger partial charge is 0.444 e. The zero-order valence-electron chi connectivity index (χ0n) is 27.0. The molecule has 0 aromatic heterocycles. The fourth-order valence-electron chi connectivity index (χ4n) is 3.80. The van der Waals surface area contributed by atoms with Crippen molar-refractivity contribution in [2.24, 2.45) is 4.99 Å². The van der Waals surface area contributed by atoms with Gasteiger partial charge in [-0.1, -0.05) is 30.3 Å². The number of unbranched alkanes of at least 4 members (excludes halogenated alkanes) is 2. The average Bonchev–Trinajstić information content (AvgIpc) is 2.90. The number of nitrogens with zero attached hydrogens (tertiary/aromatic N) is 1. The summed E-state index contributed by atoms with van der Waals surface area (Å²) >= 11 is 0. The van der Waals surface area contributed by atoms with Crippen LogP contribution in [0.25, 0.3) is 0 Å². The lowest BCUT2D eigenvalue weighted by molar-refractivity contribution is -0.120. The van der Waals surface area contributed by atoms with E-state index in [-0.39, 0.29) is 19.0 Å². The lowest BCUT2D eigenvalue weighted by atomic mass is 10.1. The second kappa shape index (κ2) is 16.9. The summed E-state index contributed by atoms with van der Waals surface area (Å²) in [7, 11) is -4.00. The van der Waals surface area contributed by atoms with Crippen LogP contribution in [0.5, 0.6) is 0 Å². The van der Waals surface area contributed by atoms with Crippen LogP contribution in [0.15, 0.2) is 47.5 Å². The summed E-state index contributed by atoms with van der Waals surface area (Å²) in [5.41, 5.74) is -2.08. The molecule has 2 aromatic rings. The van der Waals surface area contributed by atoms with Crippen LogP contribution >= 0.6 is 0 Å². The Morgan fingerprint density at radius 3 is 1.98 bits per heavy atom. The highest BCUT2D eigenvalue weighted by Gasteiger charge is 2.22. The Bertz CT molecular complexity index is 1460. The zero-order valence-corrected chi connectivity index (χ0v) is 27.8. The molecule has 0 saturated heterocycles. The highest BCUT2D eigenvalue weighted by molar-refractivity contribution is 7.91. The molecule has 2 rings (SSSR count). The minimum atomic E-state index is -4.00. The number of hydrogen-bond donors (Lipinski definition) is 4. The molecule has 15 heteroatoms. The lowest BCUT2D eigenvalue weighted by Crippen LogP contribution is -2.47. The average molecular weight is 668 g/mol. The lowest BCUT2D eigenvalue weighted by Gasteiger charge is -2.22. The highest BCUT2D eigenvalue weighted by atomic mass is 32.2. The summed E-state index contributed by atoms with van der Waals surface area (Å²) in [6.45, 7) is 10.5. The van der Waals surface area contributed by atoms with Gasteiger partial charge in [0, 0.05) is 18.7 Å². The van der Waals surface area contributed by atoms with Crippen LogP contribution < -0.4 is 20.7 Å². The molecule has 0 radical (unpaired) electrons. The topological polar surface area (TPSA) is 164 Å². The Morgan fingerprint density at radius 1 is 0.826 bits per heavy atom. The van der Waals surface area contributed by atoms with E-state index in [1.165, 1.54) is 0 Å². The number of anilines is 1. The summed E-state index contributed by atoms with van der Waals surface area (Å²) in [6, 6.07) is 10.1. The number of ether oxygens (including phenoxy) is 2. The van der Waals surface area contributed by atoms with Crippen LogP contribution in [0.4, 0.5) is 24.1 Å². The predicted molar refractivity (Wildman–Crippen MR) is 171 cm³/mol. The normalized spacial score (nSPS) is 11.7. The Kier molecular flexibility index (Phi) is 13.9. The van der Waals surface area contributed by atoms with Crippen molar-refractivity contribution in [3.05, 3.63) is 65.2 Å². The van der Waals surface area contributed by atoms with E-state index in [1.54, 1.807) is 71.9 Å². The van der Waals surface area contributed by atoms with Crippen LogP contribution in [0.3, 0.4) is 0 Å². The molecule has 0 fully saturated rings. The molecule has 254 valence electrons. The Balaban J connectivity index is 1.87. The van der Waals surface area contributed by atoms with Gasteiger partial charge < -0.3 is 14.8 Å². The van der Waals surface area contributed by atoms with Gasteiger partial charge in [-0.3, -0.25) is 25.1 Å². The minimum Gasteiger partial charge on any atom is -0.444 e. The van der Waals surface area contributed by atoms with E-state index in [4.69, 9.17) is 9.47 Å². The van der Waals surface area contributed by atoms with Crippen molar-refractivity contribution < 1.29 is 41.1 Å². The number of aliphatic imine (C=N–C) groups is 1.